The first kappa shape index (κ1) is 23.2. The largest absolute Gasteiger partial charge is 0.417 e. The van der Waals surface area contributed by atoms with Gasteiger partial charge in [0.2, 0.25) is 5.91 Å². The molecule has 0 aromatic heterocycles. The molecule has 0 spiro atoms. The molecule has 166 valence electrons. The van der Waals surface area contributed by atoms with E-state index in [4.69, 9.17) is 11.6 Å². The molecule has 0 bridgehead atoms. The Kier molecular flexibility index (Phi) is 6.45. The van der Waals surface area contributed by atoms with Gasteiger partial charge in [0.15, 0.2) is 5.78 Å². The molecule has 31 heavy (non-hydrogen) atoms. The third-order valence-corrected chi connectivity index (χ3v) is 5.67. The number of aliphatic hydroxyl groups excluding tert-OH is 1. The molecule has 1 amide bonds. The first-order valence-corrected chi connectivity index (χ1v) is 9.96. The molecule has 1 aliphatic rings. The highest BCUT2D eigenvalue weighted by molar-refractivity contribution is 6.31. The molecule has 0 saturated heterocycles. The molecule has 0 saturated carbocycles. The number of nitrogens with one attached hydrogen (secondary N) is 1. The third kappa shape index (κ3) is 5.08. The maximum atomic E-state index is 13.0. The lowest BCUT2D eigenvalue weighted by molar-refractivity contribution is -0.137. The number of fused-ring (bicyclic) bond motifs is 1. The standard InChI is InChI=1S/C22H22ClF3N2O3/c1-21(2,12-29)28-10-14-4-3-5-17(20(14)18(30)11-28)27-19(31)9-13-6-7-16(23)15(8-13)22(24,25)26/h3-8,29H,9-12H2,1-2H3,(H,27,31). The average molecular weight is 455 g/mol. The minimum Gasteiger partial charge on any atom is -0.394 e. The van der Waals surface area contributed by atoms with Crippen molar-refractivity contribution in [3.8, 4) is 0 Å². The topological polar surface area (TPSA) is 69.6 Å². The van der Waals surface area contributed by atoms with Gasteiger partial charge in [0.25, 0.3) is 0 Å². The number of amides is 1. The summed E-state index contributed by atoms with van der Waals surface area (Å²) in [5.41, 5.74) is -0.0231. The lowest BCUT2D eigenvalue weighted by atomic mass is 9.92. The number of hydrogen-bond donors (Lipinski definition) is 2. The maximum absolute atomic E-state index is 13.0. The van der Waals surface area contributed by atoms with Gasteiger partial charge in [-0.25, -0.2) is 0 Å². The van der Waals surface area contributed by atoms with E-state index in [1.54, 1.807) is 18.2 Å². The van der Waals surface area contributed by atoms with Gasteiger partial charge in [-0.2, -0.15) is 13.2 Å². The van der Waals surface area contributed by atoms with E-state index in [2.05, 4.69) is 5.32 Å². The lowest BCUT2D eigenvalue weighted by Gasteiger charge is -2.40. The van der Waals surface area contributed by atoms with Crippen LogP contribution >= 0.6 is 11.6 Å². The second-order valence-electron chi connectivity index (χ2n) is 8.13. The molecule has 0 radical (unpaired) electrons. The quantitative estimate of drug-likeness (QED) is 0.706. The molecule has 1 aliphatic heterocycles. The van der Waals surface area contributed by atoms with Crippen molar-refractivity contribution in [2.75, 3.05) is 18.5 Å². The van der Waals surface area contributed by atoms with E-state index in [9.17, 15) is 27.9 Å². The molecule has 3 rings (SSSR count). The van der Waals surface area contributed by atoms with Crippen molar-refractivity contribution >= 4 is 29.0 Å². The third-order valence-electron chi connectivity index (χ3n) is 5.34. The van der Waals surface area contributed by atoms with Gasteiger partial charge < -0.3 is 10.4 Å². The molecule has 0 unspecified atom stereocenters. The SMILES string of the molecule is CC(C)(CO)N1CC(=O)c2c(cccc2NC(=O)Cc2ccc(Cl)c(C(F)(F)F)c2)C1. The number of ketones is 1. The molecule has 9 heteroatoms. The van der Waals surface area contributed by atoms with Crippen molar-refractivity contribution in [1.82, 2.24) is 4.90 Å². The number of anilines is 1. The van der Waals surface area contributed by atoms with Crippen molar-refractivity contribution in [3.05, 3.63) is 63.7 Å². The zero-order chi connectivity index (χ0) is 23.0. The molecule has 2 aromatic carbocycles. The smallest absolute Gasteiger partial charge is 0.394 e. The van der Waals surface area contributed by atoms with Crippen LogP contribution in [0.2, 0.25) is 5.02 Å². The molecule has 1 heterocycles. The Morgan fingerprint density at radius 2 is 1.90 bits per heavy atom. The number of carbonyl (C=O) groups is 2. The molecule has 0 atom stereocenters. The summed E-state index contributed by atoms with van der Waals surface area (Å²) < 4.78 is 39.1. The normalized spacial score (nSPS) is 15.0. The number of Topliss-reactive ketones (excluding diaryl/α,β-unsaturated/α-hetero) is 1. The van der Waals surface area contributed by atoms with E-state index in [1.807, 2.05) is 18.7 Å². The molecule has 2 N–H and O–H groups in total. The lowest BCUT2D eigenvalue weighted by Crippen LogP contribution is -2.50. The summed E-state index contributed by atoms with van der Waals surface area (Å²) in [6, 6.07) is 8.38. The van der Waals surface area contributed by atoms with E-state index in [0.717, 1.165) is 12.1 Å². The number of carbonyl (C=O) groups excluding carboxylic acids is 2. The van der Waals surface area contributed by atoms with Crippen LogP contribution in [0.25, 0.3) is 0 Å². The van der Waals surface area contributed by atoms with Gasteiger partial charge in [-0.3, -0.25) is 14.5 Å². The summed E-state index contributed by atoms with van der Waals surface area (Å²) in [6.07, 6.45) is -4.93. The average Bonchev–Trinajstić information content (AvgIpc) is 2.68. The molecule has 0 aliphatic carbocycles. The monoisotopic (exact) mass is 454 g/mol. The fourth-order valence-electron chi connectivity index (χ4n) is 3.49. The van der Waals surface area contributed by atoms with Crippen molar-refractivity contribution in [2.24, 2.45) is 0 Å². The summed E-state index contributed by atoms with van der Waals surface area (Å²) in [6.45, 7) is 4.05. The zero-order valence-corrected chi connectivity index (χ0v) is 17.8. The van der Waals surface area contributed by atoms with Crippen LogP contribution in [-0.2, 0) is 23.9 Å². The highest BCUT2D eigenvalue weighted by Crippen LogP contribution is 2.35. The molecule has 2 aromatic rings. The van der Waals surface area contributed by atoms with Gasteiger partial charge in [0.05, 0.1) is 35.8 Å². The Morgan fingerprint density at radius 3 is 2.55 bits per heavy atom. The minimum absolute atomic E-state index is 0.0829. The van der Waals surface area contributed by atoms with Crippen molar-refractivity contribution in [3.63, 3.8) is 0 Å². The van der Waals surface area contributed by atoms with Crippen LogP contribution in [0.15, 0.2) is 36.4 Å². The number of nitrogens with zero attached hydrogens (tertiary/aromatic N) is 1. The Balaban J connectivity index is 1.80. The molecule has 5 nitrogen and oxygen atoms in total. The summed E-state index contributed by atoms with van der Waals surface area (Å²) in [5, 5.41) is 11.8. The van der Waals surface area contributed by atoms with Crippen LogP contribution < -0.4 is 5.32 Å². The number of aliphatic hydroxyl groups is 1. The Labute approximate surface area is 182 Å². The number of benzene rings is 2. The van der Waals surface area contributed by atoms with Gasteiger partial charge in [0.1, 0.15) is 0 Å². The van der Waals surface area contributed by atoms with Crippen LogP contribution in [0.1, 0.15) is 40.9 Å². The van der Waals surface area contributed by atoms with Gasteiger partial charge >= 0.3 is 6.18 Å². The highest BCUT2D eigenvalue weighted by atomic mass is 35.5. The van der Waals surface area contributed by atoms with Gasteiger partial charge in [-0.05, 0) is 43.2 Å². The van der Waals surface area contributed by atoms with Crippen molar-refractivity contribution in [1.29, 1.82) is 0 Å². The number of hydrogen-bond acceptors (Lipinski definition) is 4. The van der Waals surface area contributed by atoms with Gasteiger partial charge in [-0.15, -0.1) is 0 Å². The fraction of sp³-hybridized carbons (Fsp3) is 0.364. The number of alkyl halides is 3. The van der Waals surface area contributed by atoms with Crippen LogP contribution in [0.4, 0.5) is 18.9 Å². The van der Waals surface area contributed by atoms with Crippen LogP contribution in [-0.4, -0.2) is 40.4 Å². The first-order chi connectivity index (χ1) is 14.4. The van der Waals surface area contributed by atoms with Crippen molar-refractivity contribution < 1.29 is 27.9 Å². The molecular formula is C22H22ClF3N2O3. The summed E-state index contributed by atoms with van der Waals surface area (Å²) in [4.78, 5) is 27.2. The Morgan fingerprint density at radius 1 is 1.19 bits per heavy atom. The minimum atomic E-state index is -4.62. The second-order valence-corrected chi connectivity index (χ2v) is 8.53. The second kappa shape index (κ2) is 8.61. The maximum Gasteiger partial charge on any atom is 0.417 e. The van der Waals surface area contributed by atoms with Crippen LogP contribution in [0.3, 0.4) is 0 Å². The van der Waals surface area contributed by atoms with Gasteiger partial charge in [-0.1, -0.05) is 29.8 Å². The van der Waals surface area contributed by atoms with E-state index < -0.39 is 28.2 Å². The molecule has 0 fully saturated rings. The van der Waals surface area contributed by atoms with Crippen LogP contribution in [0.5, 0.6) is 0 Å². The van der Waals surface area contributed by atoms with Crippen molar-refractivity contribution in [2.45, 2.75) is 38.5 Å². The first-order valence-electron chi connectivity index (χ1n) is 9.59. The predicted molar refractivity (Wildman–Crippen MR) is 111 cm³/mol. The Hall–Kier alpha value is -2.42. The van der Waals surface area contributed by atoms with E-state index in [1.165, 1.54) is 6.07 Å². The Bertz CT molecular complexity index is 1020. The van der Waals surface area contributed by atoms with E-state index in [0.29, 0.717) is 23.4 Å². The molecular weight excluding hydrogens is 433 g/mol. The summed E-state index contributed by atoms with van der Waals surface area (Å²) in [5.74, 6) is -0.751. The summed E-state index contributed by atoms with van der Waals surface area (Å²) >= 11 is 5.62. The highest BCUT2D eigenvalue weighted by Gasteiger charge is 2.35. The van der Waals surface area contributed by atoms with Crippen LogP contribution in [0, 0.1) is 0 Å². The van der Waals surface area contributed by atoms with E-state index in [-0.39, 0.29) is 30.9 Å². The summed E-state index contributed by atoms with van der Waals surface area (Å²) in [7, 11) is 0. The van der Waals surface area contributed by atoms with Gasteiger partial charge in [0, 0.05) is 17.6 Å². The number of halogens is 4. The zero-order valence-electron chi connectivity index (χ0n) is 17.0. The fourth-order valence-corrected chi connectivity index (χ4v) is 3.71. The van der Waals surface area contributed by atoms with E-state index >= 15 is 0 Å². The predicted octanol–water partition coefficient (Wildman–Crippen LogP) is 4.31. The number of rotatable bonds is 5.